The van der Waals surface area contributed by atoms with Crippen LogP contribution in [0.2, 0.25) is 0 Å². The van der Waals surface area contributed by atoms with Crippen LogP contribution in [-0.2, 0) is 15.3 Å². The number of thioether (sulfide) groups is 1. The summed E-state index contributed by atoms with van der Waals surface area (Å²) in [7, 11) is 1.35. The summed E-state index contributed by atoms with van der Waals surface area (Å²) >= 11 is 3.22. The van der Waals surface area contributed by atoms with Crippen molar-refractivity contribution in [3.8, 4) is 11.3 Å². The lowest BCUT2D eigenvalue weighted by Crippen LogP contribution is -2.11. The number of thiazole rings is 1. The lowest BCUT2D eigenvalue weighted by Gasteiger charge is -2.03. The molecule has 3 rings (SSSR count). The average molecular weight is 427 g/mol. The summed E-state index contributed by atoms with van der Waals surface area (Å²) in [6.07, 6.45) is 1.31. The molecule has 3 aromatic rings. The van der Waals surface area contributed by atoms with Gasteiger partial charge in [0, 0.05) is 23.1 Å². The van der Waals surface area contributed by atoms with Crippen LogP contribution in [0.3, 0.4) is 0 Å². The van der Waals surface area contributed by atoms with Gasteiger partial charge in [-0.05, 0) is 29.9 Å². The zero-order valence-corrected chi connectivity index (χ0v) is 17.7. The number of hydrogen-bond donors (Lipinski definition) is 1. The molecule has 0 saturated carbocycles. The highest BCUT2D eigenvalue weighted by molar-refractivity contribution is 7.98. The smallest absolute Gasteiger partial charge is 0.337 e. The van der Waals surface area contributed by atoms with Crippen molar-refractivity contribution in [2.24, 2.45) is 0 Å². The number of anilines is 1. The Kier molecular flexibility index (Phi) is 7.84. The van der Waals surface area contributed by atoms with Crippen molar-refractivity contribution in [1.29, 1.82) is 0 Å². The number of ether oxygens (including phenoxy) is 1. The Morgan fingerprint density at radius 3 is 2.59 bits per heavy atom. The number of aromatic nitrogens is 1. The van der Waals surface area contributed by atoms with Crippen LogP contribution in [0.15, 0.2) is 60.0 Å². The predicted octanol–water partition coefficient (Wildman–Crippen LogP) is 5.25. The van der Waals surface area contributed by atoms with Crippen LogP contribution in [0, 0.1) is 0 Å². The molecule has 0 aliphatic rings. The number of amides is 1. The van der Waals surface area contributed by atoms with Gasteiger partial charge >= 0.3 is 5.97 Å². The SMILES string of the molecule is COC(=O)c1ccc(-c2csc(NC(=O)CCCSCc3ccccc3)n2)cc1. The molecule has 7 heteroatoms. The van der Waals surface area contributed by atoms with Crippen molar-refractivity contribution in [2.75, 3.05) is 18.2 Å². The summed E-state index contributed by atoms with van der Waals surface area (Å²) in [6.45, 7) is 0. The zero-order valence-electron chi connectivity index (χ0n) is 16.1. The maximum Gasteiger partial charge on any atom is 0.337 e. The van der Waals surface area contributed by atoms with E-state index in [1.165, 1.54) is 24.0 Å². The minimum Gasteiger partial charge on any atom is -0.465 e. The average Bonchev–Trinajstić information content (AvgIpc) is 3.22. The molecular formula is C22H22N2O3S2. The molecule has 0 saturated heterocycles. The van der Waals surface area contributed by atoms with E-state index in [9.17, 15) is 9.59 Å². The summed E-state index contributed by atoms with van der Waals surface area (Å²) in [5.74, 6) is 1.52. The van der Waals surface area contributed by atoms with Gasteiger partial charge in [-0.2, -0.15) is 11.8 Å². The fourth-order valence-electron chi connectivity index (χ4n) is 2.64. The normalized spacial score (nSPS) is 10.5. The maximum atomic E-state index is 12.1. The van der Waals surface area contributed by atoms with Gasteiger partial charge in [0.1, 0.15) is 0 Å². The lowest BCUT2D eigenvalue weighted by atomic mass is 10.1. The first-order valence-electron chi connectivity index (χ1n) is 9.21. The molecule has 0 radical (unpaired) electrons. The molecule has 0 bridgehead atoms. The van der Waals surface area contributed by atoms with Crippen LogP contribution < -0.4 is 5.32 Å². The lowest BCUT2D eigenvalue weighted by molar-refractivity contribution is -0.116. The van der Waals surface area contributed by atoms with Gasteiger partial charge in [0.2, 0.25) is 5.91 Å². The van der Waals surface area contributed by atoms with Crippen LogP contribution in [0.4, 0.5) is 5.13 Å². The van der Waals surface area contributed by atoms with Crippen molar-refractivity contribution >= 4 is 40.1 Å². The van der Waals surface area contributed by atoms with E-state index in [1.54, 1.807) is 12.1 Å². The second kappa shape index (κ2) is 10.8. The van der Waals surface area contributed by atoms with E-state index >= 15 is 0 Å². The number of hydrogen-bond acceptors (Lipinski definition) is 6. The second-order valence-electron chi connectivity index (χ2n) is 6.30. The summed E-state index contributed by atoms with van der Waals surface area (Å²) in [4.78, 5) is 28.1. The van der Waals surface area contributed by atoms with Gasteiger partial charge in [-0.15, -0.1) is 11.3 Å². The van der Waals surface area contributed by atoms with Gasteiger partial charge in [-0.3, -0.25) is 4.79 Å². The maximum absolute atomic E-state index is 12.1. The van der Waals surface area contributed by atoms with Crippen LogP contribution in [0.5, 0.6) is 0 Å². The third-order valence-corrected chi connectivity index (χ3v) is 6.03. The highest BCUT2D eigenvalue weighted by atomic mass is 32.2. The number of esters is 1. The largest absolute Gasteiger partial charge is 0.465 e. The van der Waals surface area contributed by atoms with Crippen LogP contribution in [-0.4, -0.2) is 29.7 Å². The molecule has 5 nitrogen and oxygen atoms in total. The Balaban J connectivity index is 1.42. The molecule has 0 aliphatic carbocycles. The van der Waals surface area contributed by atoms with Gasteiger partial charge in [0.05, 0.1) is 18.4 Å². The number of methoxy groups -OCH3 is 1. The third kappa shape index (κ3) is 6.44. The highest BCUT2D eigenvalue weighted by Gasteiger charge is 2.10. The third-order valence-electron chi connectivity index (χ3n) is 4.16. The summed E-state index contributed by atoms with van der Waals surface area (Å²) in [5.41, 5.74) is 3.44. The molecule has 1 amide bonds. The Morgan fingerprint density at radius 2 is 1.86 bits per heavy atom. The Labute approximate surface area is 178 Å². The van der Waals surface area contributed by atoms with E-state index in [0.29, 0.717) is 17.1 Å². The van der Waals surface area contributed by atoms with Crippen molar-refractivity contribution in [2.45, 2.75) is 18.6 Å². The minimum absolute atomic E-state index is 0.0211. The van der Waals surface area contributed by atoms with Gasteiger partial charge in [-0.1, -0.05) is 42.5 Å². The summed E-state index contributed by atoms with van der Waals surface area (Å²) in [6, 6.07) is 17.4. The van der Waals surface area contributed by atoms with Gasteiger partial charge in [0.25, 0.3) is 0 Å². The van der Waals surface area contributed by atoms with Gasteiger partial charge in [-0.25, -0.2) is 9.78 Å². The van der Waals surface area contributed by atoms with E-state index in [2.05, 4.69) is 22.4 Å². The molecular weight excluding hydrogens is 404 g/mol. The number of rotatable bonds is 9. The molecule has 0 aliphatic heterocycles. The quantitative estimate of drug-likeness (QED) is 0.374. The van der Waals surface area contributed by atoms with Crippen molar-refractivity contribution in [1.82, 2.24) is 4.98 Å². The van der Waals surface area contributed by atoms with E-state index < -0.39 is 0 Å². The fraction of sp³-hybridized carbons (Fsp3) is 0.227. The van der Waals surface area contributed by atoms with E-state index in [-0.39, 0.29) is 11.9 Å². The van der Waals surface area contributed by atoms with Crippen molar-refractivity contribution < 1.29 is 14.3 Å². The summed E-state index contributed by atoms with van der Waals surface area (Å²) in [5, 5.41) is 5.33. The molecule has 0 atom stereocenters. The molecule has 0 spiro atoms. The molecule has 0 fully saturated rings. The van der Waals surface area contributed by atoms with E-state index in [0.717, 1.165) is 29.2 Å². The molecule has 1 heterocycles. The predicted molar refractivity (Wildman–Crippen MR) is 119 cm³/mol. The van der Waals surface area contributed by atoms with Crippen LogP contribution >= 0.6 is 23.1 Å². The second-order valence-corrected chi connectivity index (χ2v) is 8.26. The fourth-order valence-corrected chi connectivity index (χ4v) is 4.30. The standard InChI is InChI=1S/C22H22N2O3S2/c1-27-21(26)18-11-9-17(10-12-18)19-15-29-22(23-19)24-20(25)8-5-13-28-14-16-6-3-2-4-7-16/h2-4,6-7,9-12,15H,5,8,13-14H2,1H3,(H,23,24,25). The highest BCUT2D eigenvalue weighted by Crippen LogP contribution is 2.25. The van der Waals surface area contributed by atoms with Gasteiger partial charge in [0.15, 0.2) is 5.13 Å². The Hall–Kier alpha value is -2.64. The first-order valence-corrected chi connectivity index (χ1v) is 11.2. The molecule has 1 aromatic heterocycles. The first-order chi connectivity index (χ1) is 14.2. The molecule has 29 heavy (non-hydrogen) atoms. The van der Waals surface area contributed by atoms with E-state index in [1.807, 2.05) is 47.5 Å². The Morgan fingerprint density at radius 1 is 1.10 bits per heavy atom. The number of nitrogens with one attached hydrogen (secondary N) is 1. The van der Waals surface area contributed by atoms with Gasteiger partial charge < -0.3 is 10.1 Å². The van der Waals surface area contributed by atoms with Crippen molar-refractivity contribution in [3.63, 3.8) is 0 Å². The number of carbonyl (C=O) groups is 2. The van der Waals surface area contributed by atoms with Crippen LogP contribution in [0.1, 0.15) is 28.8 Å². The minimum atomic E-state index is -0.371. The first kappa shape index (κ1) is 21.1. The Bertz CT molecular complexity index is 940. The monoisotopic (exact) mass is 426 g/mol. The summed E-state index contributed by atoms with van der Waals surface area (Å²) < 4.78 is 4.70. The number of benzene rings is 2. The molecule has 1 N–H and O–H groups in total. The van der Waals surface area contributed by atoms with Crippen molar-refractivity contribution in [3.05, 3.63) is 71.1 Å². The van der Waals surface area contributed by atoms with Crippen LogP contribution in [0.25, 0.3) is 11.3 Å². The molecule has 0 unspecified atom stereocenters. The molecule has 2 aromatic carbocycles. The number of carbonyl (C=O) groups excluding carboxylic acids is 2. The topological polar surface area (TPSA) is 68.3 Å². The van der Waals surface area contributed by atoms with E-state index in [4.69, 9.17) is 4.74 Å². The zero-order chi connectivity index (χ0) is 20.5. The molecule has 150 valence electrons. The number of nitrogens with zero attached hydrogens (tertiary/aromatic N) is 1.